The second-order valence-corrected chi connectivity index (χ2v) is 14.4. The number of aromatic nitrogens is 4. The topological polar surface area (TPSA) is 70.6 Å². The summed E-state index contributed by atoms with van der Waals surface area (Å²) < 4.78 is 16.9. The molecule has 2 fully saturated rings. The molecule has 2 aliphatic rings. The average Bonchev–Trinajstić information content (AvgIpc) is 3.33. The molecule has 0 unspecified atom stereocenters. The smallest absolute Gasteiger partial charge is 0.127 e. The number of piperidine rings is 1. The molecule has 45 heavy (non-hydrogen) atoms. The van der Waals surface area contributed by atoms with E-state index in [-0.39, 0.29) is 11.2 Å². The second-order valence-electron chi connectivity index (χ2n) is 14.4. The summed E-state index contributed by atoms with van der Waals surface area (Å²) in [5, 5.41) is 9.00. The van der Waals surface area contributed by atoms with Crippen molar-refractivity contribution in [3.63, 3.8) is 0 Å². The van der Waals surface area contributed by atoms with Crippen molar-refractivity contribution in [2.45, 2.75) is 91.1 Å². The highest BCUT2D eigenvalue weighted by Crippen LogP contribution is 2.34. The Morgan fingerprint density at radius 3 is 2.51 bits per heavy atom. The summed E-state index contributed by atoms with van der Waals surface area (Å²) in [5.41, 5.74) is 7.81. The fourth-order valence-electron chi connectivity index (χ4n) is 6.80. The van der Waals surface area contributed by atoms with Gasteiger partial charge in [0.1, 0.15) is 11.6 Å². The Kier molecular flexibility index (Phi) is 9.14. The van der Waals surface area contributed by atoms with Gasteiger partial charge in [-0.25, -0.2) is 9.37 Å². The third-order valence-electron chi connectivity index (χ3n) is 9.55. The van der Waals surface area contributed by atoms with Crippen LogP contribution in [0.2, 0.25) is 0 Å². The number of likely N-dealkylation sites (tertiary alicyclic amines) is 1. The van der Waals surface area contributed by atoms with Crippen molar-refractivity contribution >= 4 is 16.6 Å². The van der Waals surface area contributed by atoms with Gasteiger partial charge in [-0.05, 0) is 110 Å². The zero-order valence-corrected chi connectivity index (χ0v) is 27.0. The van der Waals surface area contributed by atoms with E-state index in [2.05, 4.69) is 60.0 Å². The Hall–Kier alpha value is -3.89. The molecular formula is C38H45FN6. The van der Waals surface area contributed by atoms with E-state index in [0.29, 0.717) is 29.9 Å². The van der Waals surface area contributed by atoms with E-state index >= 15 is 0 Å². The third kappa shape index (κ3) is 7.50. The number of fused-ring (bicyclic) bond motifs is 1. The van der Waals surface area contributed by atoms with Crippen LogP contribution in [0.3, 0.4) is 0 Å². The fraction of sp³-hybridized carbons (Fsp3) is 0.474. The SMILES string of the molecule is C=C(CC(C)(C)C)c1ccc2nc(CN3CCC(c4cncc(CCc5ccc(C#N)cc5F)n4)CC3)n(CC3CCC3)c2c1. The quantitative estimate of drug-likeness (QED) is 0.182. The van der Waals surface area contributed by atoms with Gasteiger partial charge in [-0.1, -0.05) is 45.9 Å². The zero-order valence-electron chi connectivity index (χ0n) is 27.0. The van der Waals surface area contributed by atoms with Gasteiger partial charge in [0.15, 0.2) is 0 Å². The molecule has 0 radical (unpaired) electrons. The number of hydrogen-bond donors (Lipinski definition) is 0. The largest absolute Gasteiger partial charge is 0.327 e. The number of allylic oxidation sites excluding steroid dienone is 1. The van der Waals surface area contributed by atoms with Crippen molar-refractivity contribution in [1.29, 1.82) is 5.26 Å². The van der Waals surface area contributed by atoms with E-state index < -0.39 is 0 Å². The van der Waals surface area contributed by atoms with Crippen LogP contribution in [0.4, 0.5) is 4.39 Å². The molecule has 0 N–H and O–H groups in total. The number of nitriles is 1. The molecule has 4 aromatic rings. The Balaban J connectivity index is 1.11. The van der Waals surface area contributed by atoms with Crippen molar-refractivity contribution in [3.05, 3.63) is 95.1 Å². The predicted octanol–water partition coefficient (Wildman–Crippen LogP) is 8.25. The van der Waals surface area contributed by atoms with E-state index in [1.165, 1.54) is 47.8 Å². The molecular weight excluding hydrogens is 559 g/mol. The maximum Gasteiger partial charge on any atom is 0.127 e. The molecule has 1 aliphatic carbocycles. The van der Waals surface area contributed by atoms with E-state index in [9.17, 15) is 4.39 Å². The minimum absolute atomic E-state index is 0.202. The highest BCUT2D eigenvalue weighted by Gasteiger charge is 2.26. The molecule has 2 aromatic carbocycles. The number of halogens is 1. The molecule has 1 saturated carbocycles. The third-order valence-corrected chi connectivity index (χ3v) is 9.55. The summed E-state index contributed by atoms with van der Waals surface area (Å²) in [7, 11) is 0. The Morgan fingerprint density at radius 1 is 1.02 bits per heavy atom. The van der Waals surface area contributed by atoms with Gasteiger partial charge in [-0.2, -0.15) is 5.26 Å². The average molecular weight is 605 g/mol. The predicted molar refractivity (Wildman–Crippen MR) is 178 cm³/mol. The number of nitrogens with zero attached hydrogens (tertiary/aromatic N) is 6. The van der Waals surface area contributed by atoms with E-state index in [4.69, 9.17) is 15.2 Å². The minimum Gasteiger partial charge on any atom is -0.327 e. The van der Waals surface area contributed by atoms with Crippen LogP contribution in [-0.2, 0) is 25.9 Å². The van der Waals surface area contributed by atoms with E-state index in [1.807, 2.05) is 12.3 Å². The molecule has 3 heterocycles. The lowest BCUT2D eigenvalue weighted by molar-refractivity contribution is 0.193. The van der Waals surface area contributed by atoms with Gasteiger partial charge in [0.25, 0.3) is 0 Å². The van der Waals surface area contributed by atoms with Crippen LogP contribution in [0.25, 0.3) is 16.6 Å². The molecule has 7 heteroatoms. The molecule has 6 rings (SSSR count). The Morgan fingerprint density at radius 2 is 1.82 bits per heavy atom. The summed E-state index contributed by atoms with van der Waals surface area (Å²) in [6.45, 7) is 15.1. The van der Waals surface area contributed by atoms with Crippen LogP contribution >= 0.6 is 0 Å². The van der Waals surface area contributed by atoms with Gasteiger partial charge in [0, 0.05) is 24.9 Å². The maximum atomic E-state index is 14.4. The number of hydrogen-bond acceptors (Lipinski definition) is 5. The van der Waals surface area contributed by atoms with Crippen molar-refractivity contribution in [1.82, 2.24) is 24.4 Å². The number of aryl methyl sites for hydroxylation is 2. The van der Waals surface area contributed by atoms with Crippen LogP contribution < -0.4 is 0 Å². The summed E-state index contributed by atoms with van der Waals surface area (Å²) in [4.78, 5) is 17.1. The first-order valence-electron chi connectivity index (χ1n) is 16.5. The van der Waals surface area contributed by atoms with Crippen molar-refractivity contribution < 1.29 is 4.39 Å². The zero-order chi connectivity index (χ0) is 31.6. The molecule has 1 saturated heterocycles. The molecule has 0 atom stereocenters. The molecule has 0 amide bonds. The molecule has 0 bridgehead atoms. The molecule has 0 spiro atoms. The van der Waals surface area contributed by atoms with Gasteiger partial charge in [0.05, 0.1) is 40.6 Å². The van der Waals surface area contributed by atoms with Gasteiger partial charge >= 0.3 is 0 Å². The fourth-order valence-corrected chi connectivity index (χ4v) is 6.80. The van der Waals surface area contributed by atoms with Crippen LogP contribution in [0.15, 0.2) is 55.4 Å². The van der Waals surface area contributed by atoms with Crippen molar-refractivity contribution in [3.8, 4) is 6.07 Å². The van der Waals surface area contributed by atoms with Gasteiger partial charge in [-0.3, -0.25) is 14.9 Å². The maximum absolute atomic E-state index is 14.4. The summed E-state index contributed by atoms with van der Waals surface area (Å²) in [6, 6.07) is 13.4. The van der Waals surface area contributed by atoms with Crippen molar-refractivity contribution in [2.24, 2.45) is 11.3 Å². The lowest BCUT2D eigenvalue weighted by Crippen LogP contribution is -2.34. The number of rotatable bonds is 10. The van der Waals surface area contributed by atoms with Crippen LogP contribution in [-0.4, -0.2) is 37.5 Å². The highest BCUT2D eigenvalue weighted by atomic mass is 19.1. The lowest BCUT2D eigenvalue weighted by Gasteiger charge is -2.32. The van der Waals surface area contributed by atoms with Crippen LogP contribution in [0.5, 0.6) is 0 Å². The van der Waals surface area contributed by atoms with Crippen LogP contribution in [0, 0.1) is 28.5 Å². The minimum atomic E-state index is -0.335. The Labute approximate surface area is 267 Å². The number of imidazole rings is 1. The summed E-state index contributed by atoms with van der Waals surface area (Å²) in [6.07, 6.45) is 11.8. The lowest BCUT2D eigenvalue weighted by atomic mass is 9.85. The molecule has 234 valence electrons. The van der Waals surface area contributed by atoms with Gasteiger partial charge in [0.2, 0.25) is 0 Å². The first kappa shape index (κ1) is 31.1. The normalized spacial score (nSPS) is 16.5. The van der Waals surface area contributed by atoms with E-state index in [0.717, 1.165) is 68.3 Å². The van der Waals surface area contributed by atoms with Gasteiger partial charge in [-0.15, -0.1) is 0 Å². The Bertz CT molecular complexity index is 1710. The monoisotopic (exact) mass is 604 g/mol. The van der Waals surface area contributed by atoms with E-state index in [1.54, 1.807) is 18.3 Å². The van der Waals surface area contributed by atoms with Gasteiger partial charge < -0.3 is 4.57 Å². The second kappa shape index (κ2) is 13.2. The highest BCUT2D eigenvalue weighted by molar-refractivity contribution is 5.81. The summed E-state index contributed by atoms with van der Waals surface area (Å²) in [5.74, 6) is 1.95. The molecule has 1 aliphatic heterocycles. The molecule has 6 nitrogen and oxygen atoms in total. The number of benzene rings is 2. The van der Waals surface area contributed by atoms with Crippen molar-refractivity contribution in [2.75, 3.05) is 13.1 Å². The first-order chi connectivity index (χ1) is 21.6. The standard InChI is InChI=1S/C38H45FN6/c1-26(20-38(2,3)4)31-11-13-34-36(19-31)45(24-27-6-5-7-27)37(43-34)25-44-16-14-30(15-17-44)35-23-41-22-32(42-35)12-10-29-9-8-28(21-40)18-33(29)39/h8-9,11,13,18-19,22-23,27,30H,1,5-7,10,12,14-17,20,24-25H2,2-4H3. The summed E-state index contributed by atoms with van der Waals surface area (Å²) >= 11 is 0. The van der Waals surface area contributed by atoms with Crippen LogP contribution in [0.1, 0.15) is 99.1 Å². The first-order valence-corrected chi connectivity index (χ1v) is 16.5. The molecule has 2 aromatic heterocycles.